The van der Waals surface area contributed by atoms with Crippen LogP contribution in [0.1, 0.15) is 22.8 Å². The minimum Gasteiger partial charge on any atom is -0.506 e. The summed E-state index contributed by atoms with van der Waals surface area (Å²) < 4.78 is 4.95. The van der Waals surface area contributed by atoms with Crippen molar-refractivity contribution in [2.24, 2.45) is 10.2 Å². The summed E-state index contributed by atoms with van der Waals surface area (Å²) in [6.07, 6.45) is 0. The lowest BCUT2D eigenvalue weighted by Crippen LogP contribution is -2.16. The molecule has 0 atom stereocenters. The van der Waals surface area contributed by atoms with Crippen LogP contribution in [0.3, 0.4) is 0 Å². The van der Waals surface area contributed by atoms with Crippen LogP contribution in [0.25, 0.3) is 11.3 Å². The molecule has 0 saturated carbocycles. The third-order valence-corrected chi connectivity index (χ3v) is 4.97. The lowest BCUT2D eigenvalue weighted by molar-refractivity contribution is 0.0526. The van der Waals surface area contributed by atoms with Gasteiger partial charge in [0.25, 0.3) is 5.56 Å². The summed E-state index contributed by atoms with van der Waals surface area (Å²) in [5, 5.41) is 30.8. The number of ether oxygens (including phenoxy) is 1. The highest BCUT2D eigenvalue weighted by Crippen LogP contribution is 2.32. The van der Waals surface area contributed by atoms with Crippen molar-refractivity contribution in [2.75, 3.05) is 11.9 Å². The zero-order valence-corrected chi connectivity index (χ0v) is 19.1. The first-order valence-electron chi connectivity index (χ1n) is 10.9. The van der Waals surface area contributed by atoms with E-state index in [2.05, 4.69) is 25.5 Å². The van der Waals surface area contributed by atoms with Crippen LogP contribution in [0.4, 0.5) is 23.0 Å². The number of carbonyl (C=O) groups is 1. The third-order valence-electron chi connectivity index (χ3n) is 4.97. The Morgan fingerprint density at radius 1 is 1.11 bits per heavy atom. The molecule has 0 aliphatic carbocycles. The van der Waals surface area contributed by atoms with Crippen LogP contribution >= 0.6 is 0 Å². The van der Waals surface area contributed by atoms with Gasteiger partial charge in [0, 0.05) is 11.3 Å². The molecule has 10 heteroatoms. The summed E-state index contributed by atoms with van der Waals surface area (Å²) in [5.41, 5.74) is 1.67. The predicted octanol–water partition coefficient (Wildman–Crippen LogP) is 5.35. The lowest BCUT2D eigenvalue weighted by atomic mass is 10.1. The molecule has 3 N–H and O–H groups in total. The van der Waals surface area contributed by atoms with Crippen LogP contribution in [-0.4, -0.2) is 27.7 Å². The summed E-state index contributed by atoms with van der Waals surface area (Å²) in [7, 11) is 0. The Morgan fingerprint density at radius 2 is 1.86 bits per heavy atom. The van der Waals surface area contributed by atoms with E-state index in [1.54, 1.807) is 61.5 Å². The standard InChI is InChI=1S/C26H20N6O4/c1-2-36-25(35)17-8-10-18(11-9-17)31-32-21-14-19(12-13-22(21)33)28-26-29-23(16-6-4-3-5-7-16)20(15-27)24(34)30-26/h3-14,33H,2H2,1H3,(H2,28,29,30,34). The quantitative estimate of drug-likeness (QED) is 0.183. The number of aromatic amines is 1. The fraction of sp³-hybridized carbons (Fsp3) is 0.0769. The van der Waals surface area contributed by atoms with Gasteiger partial charge < -0.3 is 15.2 Å². The number of H-pyrrole nitrogens is 1. The maximum Gasteiger partial charge on any atom is 0.338 e. The zero-order valence-electron chi connectivity index (χ0n) is 19.1. The molecule has 0 amide bonds. The molecule has 1 heterocycles. The molecule has 4 rings (SSSR count). The number of aromatic nitrogens is 2. The van der Waals surface area contributed by atoms with Gasteiger partial charge in [-0.05, 0) is 49.4 Å². The second kappa shape index (κ2) is 10.8. The average Bonchev–Trinajstić information content (AvgIpc) is 2.89. The number of anilines is 2. The van der Waals surface area contributed by atoms with Gasteiger partial charge in [-0.25, -0.2) is 9.78 Å². The second-order valence-electron chi connectivity index (χ2n) is 7.41. The molecule has 0 aliphatic heterocycles. The summed E-state index contributed by atoms with van der Waals surface area (Å²) in [5.74, 6) is -0.429. The number of aromatic hydroxyl groups is 1. The molecular formula is C26H20N6O4. The molecule has 0 bridgehead atoms. The Hall–Kier alpha value is -5.30. The number of azo groups is 1. The molecule has 0 radical (unpaired) electrons. The fourth-order valence-corrected chi connectivity index (χ4v) is 3.25. The Labute approximate surface area is 205 Å². The Morgan fingerprint density at radius 3 is 2.56 bits per heavy atom. The molecule has 0 spiro atoms. The number of nitrogens with one attached hydrogen (secondary N) is 2. The van der Waals surface area contributed by atoms with E-state index in [0.717, 1.165) is 0 Å². The normalized spacial score (nSPS) is 10.7. The van der Waals surface area contributed by atoms with Crippen LogP contribution in [0, 0.1) is 11.3 Å². The Balaban J connectivity index is 1.58. The van der Waals surface area contributed by atoms with Gasteiger partial charge in [-0.3, -0.25) is 9.78 Å². The number of esters is 1. The Bertz CT molecular complexity index is 1520. The summed E-state index contributed by atoms with van der Waals surface area (Å²) >= 11 is 0. The van der Waals surface area contributed by atoms with Crippen molar-refractivity contribution in [3.05, 3.63) is 94.3 Å². The molecule has 0 aliphatic rings. The first-order chi connectivity index (χ1) is 17.5. The molecule has 3 aromatic carbocycles. The number of phenols is 1. The SMILES string of the molecule is CCOC(=O)c1ccc(N=Nc2cc(Nc3nc(-c4ccccc4)c(C#N)c(=O)[nH]3)ccc2O)cc1. The average molecular weight is 480 g/mol. The van der Waals surface area contributed by atoms with E-state index in [9.17, 15) is 20.0 Å². The monoisotopic (exact) mass is 480 g/mol. The van der Waals surface area contributed by atoms with Crippen molar-refractivity contribution in [1.82, 2.24) is 9.97 Å². The molecule has 0 fully saturated rings. The van der Waals surface area contributed by atoms with Crippen LogP contribution in [0.2, 0.25) is 0 Å². The number of nitriles is 1. The highest BCUT2D eigenvalue weighted by atomic mass is 16.5. The molecular weight excluding hydrogens is 460 g/mol. The summed E-state index contributed by atoms with van der Waals surface area (Å²) in [6.45, 7) is 2.01. The van der Waals surface area contributed by atoms with Crippen molar-refractivity contribution in [2.45, 2.75) is 6.92 Å². The van der Waals surface area contributed by atoms with Crippen molar-refractivity contribution in [1.29, 1.82) is 5.26 Å². The first-order valence-corrected chi connectivity index (χ1v) is 10.9. The third kappa shape index (κ3) is 5.43. The fourth-order valence-electron chi connectivity index (χ4n) is 3.25. The van der Waals surface area contributed by atoms with Crippen molar-refractivity contribution >= 4 is 29.0 Å². The van der Waals surface area contributed by atoms with E-state index in [4.69, 9.17) is 4.74 Å². The van der Waals surface area contributed by atoms with Crippen LogP contribution in [0.15, 0.2) is 87.8 Å². The van der Waals surface area contributed by atoms with Crippen molar-refractivity contribution in [3.8, 4) is 23.1 Å². The minimum absolute atomic E-state index is 0.0964. The van der Waals surface area contributed by atoms with E-state index in [0.29, 0.717) is 22.5 Å². The number of nitrogens with zero attached hydrogens (tertiary/aromatic N) is 4. The van der Waals surface area contributed by atoms with Gasteiger partial charge in [0.2, 0.25) is 5.95 Å². The van der Waals surface area contributed by atoms with Crippen LogP contribution in [-0.2, 0) is 4.74 Å². The summed E-state index contributed by atoms with van der Waals surface area (Å²) in [6, 6.07) is 21.7. The maximum absolute atomic E-state index is 12.5. The molecule has 1 aromatic heterocycles. The Kier molecular flexibility index (Phi) is 7.12. The number of hydrogen-bond donors (Lipinski definition) is 3. The second-order valence-corrected chi connectivity index (χ2v) is 7.41. The van der Waals surface area contributed by atoms with E-state index >= 15 is 0 Å². The van der Waals surface area contributed by atoms with E-state index < -0.39 is 11.5 Å². The predicted molar refractivity (Wildman–Crippen MR) is 133 cm³/mol. The van der Waals surface area contributed by atoms with Gasteiger partial charge in [0.15, 0.2) is 0 Å². The molecule has 4 aromatic rings. The number of hydrogen-bond acceptors (Lipinski definition) is 9. The van der Waals surface area contributed by atoms with Gasteiger partial charge in [0.1, 0.15) is 23.1 Å². The maximum atomic E-state index is 12.5. The number of rotatable bonds is 7. The molecule has 178 valence electrons. The van der Waals surface area contributed by atoms with Gasteiger partial charge >= 0.3 is 5.97 Å². The van der Waals surface area contributed by atoms with Gasteiger partial charge in [-0.2, -0.15) is 10.4 Å². The molecule has 36 heavy (non-hydrogen) atoms. The summed E-state index contributed by atoms with van der Waals surface area (Å²) in [4.78, 5) is 31.2. The number of benzene rings is 3. The van der Waals surface area contributed by atoms with E-state index in [-0.39, 0.29) is 35.2 Å². The van der Waals surface area contributed by atoms with Crippen molar-refractivity contribution < 1.29 is 14.6 Å². The highest BCUT2D eigenvalue weighted by Gasteiger charge is 2.14. The lowest BCUT2D eigenvalue weighted by Gasteiger charge is -2.09. The smallest absolute Gasteiger partial charge is 0.338 e. The topological polar surface area (TPSA) is 153 Å². The van der Waals surface area contributed by atoms with Gasteiger partial charge in [0.05, 0.1) is 23.6 Å². The molecule has 0 saturated heterocycles. The largest absolute Gasteiger partial charge is 0.506 e. The minimum atomic E-state index is -0.584. The van der Waals surface area contributed by atoms with Crippen molar-refractivity contribution in [3.63, 3.8) is 0 Å². The van der Waals surface area contributed by atoms with Crippen LogP contribution in [0.5, 0.6) is 5.75 Å². The highest BCUT2D eigenvalue weighted by molar-refractivity contribution is 5.89. The van der Waals surface area contributed by atoms with E-state index in [1.807, 2.05) is 12.1 Å². The van der Waals surface area contributed by atoms with Gasteiger partial charge in [-0.1, -0.05) is 30.3 Å². The molecule has 10 nitrogen and oxygen atoms in total. The van der Waals surface area contributed by atoms with E-state index in [1.165, 1.54) is 12.1 Å². The molecule has 0 unspecified atom stereocenters. The first kappa shape index (κ1) is 23.8. The van der Waals surface area contributed by atoms with Gasteiger partial charge in [-0.15, -0.1) is 5.11 Å². The number of phenolic OH excluding ortho intramolecular Hbond substituents is 1. The zero-order chi connectivity index (χ0) is 25.5. The van der Waals surface area contributed by atoms with Crippen LogP contribution < -0.4 is 10.9 Å². The number of carbonyl (C=O) groups excluding carboxylic acids is 1.